The first-order chi connectivity index (χ1) is 10.8. The number of carbonyl (C=O) groups excluding carboxylic acids is 1. The minimum absolute atomic E-state index is 0.161. The summed E-state index contributed by atoms with van der Waals surface area (Å²) in [7, 11) is 0. The molecule has 1 amide bonds. The van der Waals surface area contributed by atoms with Crippen LogP contribution in [-0.4, -0.2) is 40.7 Å². The average molecular weight is 300 g/mol. The quantitative estimate of drug-likeness (QED) is 0.908. The molecule has 2 aromatic rings. The SMILES string of the molecule is O=C(NCC1CCOCC1)c1cn(Cc2ccccc2)nn1. The number of carbonyl (C=O) groups is 1. The van der Waals surface area contributed by atoms with Gasteiger partial charge in [0.25, 0.3) is 5.91 Å². The average Bonchev–Trinajstić information content (AvgIpc) is 3.03. The normalized spacial score (nSPS) is 15.6. The Morgan fingerprint density at radius 1 is 1.27 bits per heavy atom. The molecule has 1 fully saturated rings. The molecular formula is C16H20N4O2. The summed E-state index contributed by atoms with van der Waals surface area (Å²) in [6, 6.07) is 9.97. The molecule has 6 nitrogen and oxygen atoms in total. The third-order valence-electron chi connectivity index (χ3n) is 3.85. The molecule has 1 aliphatic heterocycles. The highest BCUT2D eigenvalue weighted by Gasteiger charge is 2.16. The van der Waals surface area contributed by atoms with Crippen LogP contribution >= 0.6 is 0 Å². The third-order valence-corrected chi connectivity index (χ3v) is 3.85. The number of rotatable bonds is 5. The highest BCUT2D eigenvalue weighted by atomic mass is 16.5. The monoisotopic (exact) mass is 300 g/mol. The summed E-state index contributed by atoms with van der Waals surface area (Å²) in [6.07, 6.45) is 3.69. The molecule has 0 aliphatic carbocycles. The molecule has 0 unspecified atom stereocenters. The zero-order valence-corrected chi connectivity index (χ0v) is 12.4. The van der Waals surface area contributed by atoms with E-state index in [0.717, 1.165) is 31.6 Å². The summed E-state index contributed by atoms with van der Waals surface area (Å²) in [5.74, 6) is 0.336. The van der Waals surface area contributed by atoms with Crippen LogP contribution in [0.4, 0.5) is 0 Å². The molecule has 0 saturated carbocycles. The van der Waals surface area contributed by atoms with Gasteiger partial charge < -0.3 is 10.1 Å². The van der Waals surface area contributed by atoms with Crippen molar-refractivity contribution in [2.24, 2.45) is 5.92 Å². The Morgan fingerprint density at radius 2 is 2.05 bits per heavy atom. The second kappa shape index (κ2) is 7.17. The fourth-order valence-corrected chi connectivity index (χ4v) is 2.53. The topological polar surface area (TPSA) is 69.0 Å². The standard InChI is InChI=1S/C16H20N4O2/c21-16(17-10-13-6-8-22-9-7-13)15-12-20(19-18-15)11-14-4-2-1-3-5-14/h1-5,12-13H,6-11H2,(H,17,21). The van der Waals surface area contributed by atoms with Gasteiger partial charge in [-0.3, -0.25) is 4.79 Å². The smallest absolute Gasteiger partial charge is 0.273 e. The second-order valence-corrected chi connectivity index (χ2v) is 5.55. The van der Waals surface area contributed by atoms with Crippen molar-refractivity contribution in [2.45, 2.75) is 19.4 Å². The Balaban J connectivity index is 1.52. The summed E-state index contributed by atoms with van der Waals surface area (Å²) < 4.78 is 6.99. The van der Waals surface area contributed by atoms with Crippen molar-refractivity contribution in [1.29, 1.82) is 0 Å². The van der Waals surface area contributed by atoms with Crippen molar-refractivity contribution in [1.82, 2.24) is 20.3 Å². The molecule has 0 radical (unpaired) electrons. The molecular weight excluding hydrogens is 280 g/mol. The summed E-state index contributed by atoms with van der Waals surface area (Å²) in [5, 5.41) is 10.9. The molecule has 0 atom stereocenters. The highest BCUT2D eigenvalue weighted by molar-refractivity contribution is 5.91. The molecule has 116 valence electrons. The Morgan fingerprint density at radius 3 is 2.82 bits per heavy atom. The zero-order valence-electron chi connectivity index (χ0n) is 12.4. The number of hydrogen-bond donors (Lipinski definition) is 1. The number of nitrogens with one attached hydrogen (secondary N) is 1. The largest absolute Gasteiger partial charge is 0.381 e. The Kier molecular flexibility index (Phi) is 4.80. The van der Waals surface area contributed by atoms with E-state index in [4.69, 9.17) is 4.74 Å². The van der Waals surface area contributed by atoms with Crippen molar-refractivity contribution >= 4 is 5.91 Å². The van der Waals surface area contributed by atoms with Crippen molar-refractivity contribution in [3.63, 3.8) is 0 Å². The van der Waals surface area contributed by atoms with Crippen LogP contribution in [0.2, 0.25) is 0 Å². The van der Waals surface area contributed by atoms with Crippen LogP contribution in [0, 0.1) is 5.92 Å². The predicted molar refractivity (Wildman–Crippen MR) is 81.4 cm³/mol. The van der Waals surface area contributed by atoms with Crippen molar-refractivity contribution < 1.29 is 9.53 Å². The van der Waals surface area contributed by atoms with E-state index in [1.807, 2.05) is 30.3 Å². The van der Waals surface area contributed by atoms with E-state index >= 15 is 0 Å². The summed E-state index contributed by atoms with van der Waals surface area (Å²) in [5.41, 5.74) is 1.49. The number of ether oxygens (including phenoxy) is 1. The number of benzene rings is 1. The lowest BCUT2D eigenvalue weighted by molar-refractivity contribution is 0.0642. The van der Waals surface area contributed by atoms with Crippen LogP contribution in [0.1, 0.15) is 28.9 Å². The van der Waals surface area contributed by atoms with Crippen LogP contribution in [0.15, 0.2) is 36.5 Å². The maximum absolute atomic E-state index is 12.1. The lowest BCUT2D eigenvalue weighted by Gasteiger charge is -2.21. The van der Waals surface area contributed by atoms with E-state index in [2.05, 4.69) is 15.6 Å². The third kappa shape index (κ3) is 3.92. The summed E-state index contributed by atoms with van der Waals surface area (Å²) in [6.45, 7) is 2.86. The molecule has 1 aliphatic rings. The lowest BCUT2D eigenvalue weighted by Crippen LogP contribution is -2.32. The van der Waals surface area contributed by atoms with Gasteiger partial charge >= 0.3 is 0 Å². The van der Waals surface area contributed by atoms with Gasteiger partial charge in [-0.1, -0.05) is 35.5 Å². The molecule has 6 heteroatoms. The molecule has 0 bridgehead atoms. The van der Waals surface area contributed by atoms with E-state index in [-0.39, 0.29) is 5.91 Å². The molecule has 3 rings (SSSR count). The van der Waals surface area contributed by atoms with Crippen LogP contribution in [0.5, 0.6) is 0 Å². The molecule has 2 heterocycles. The van der Waals surface area contributed by atoms with Gasteiger partial charge in [0.2, 0.25) is 0 Å². The molecule has 22 heavy (non-hydrogen) atoms. The van der Waals surface area contributed by atoms with E-state index in [1.165, 1.54) is 0 Å². The Hall–Kier alpha value is -2.21. The number of amides is 1. The first-order valence-electron chi connectivity index (χ1n) is 7.61. The van der Waals surface area contributed by atoms with Crippen molar-refractivity contribution in [2.75, 3.05) is 19.8 Å². The van der Waals surface area contributed by atoms with Gasteiger partial charge in [-0.15, -0.1) is 5.10 Å². The summed E-state index contributed by atoms with van der Waals surface area (Å²) in [4.78, 5) is 12.1. The fourth-order valence-electron chi connectivity index (χ4n) is 2.53. The maximum atomic E-state index is 12.1. The van der Waals surface area contributed by atoms with Crippen LogP contribution in [0.3, 0.4) is 0 Å². The number of hydrogen-bond acceptors (Lipinski definition) is 4. The Bertz CT molecular complexity index is 606. The van der Waals surface area contributed by atoms with Crippen molar-refractivity contribution in [3.8, 4) is 0 Å². The van der Waals surface area contributed by atoms with E-state index in [9.17, 15) is 4.79 Å². The van der Waals surface area contributed by atoms with Gasteiger partial charge in [-0.05, 0) is 24.3 Å². The minimum atomic E-state index is -0.161. The number of nitrogens with zero attached hydrogens (tertiary/aromatic N) is 3. The van der Waals surface area contributed by atoms with E-state index < -0.39 is 0 Å². The second-order valence-electron chi connectivity index (χ2n) is 5.55. The van der Waals surface area contributed by atoms with Gasteiger partial charge in [0, 0.05) is 19.8 Å². The maximum Gasteiger partial charge on any atom is 0.273 e. The highest BCUT2D eigenvalue weighted by Crippen LogP contribution is 2.13. The van der Waals surface area contributed by atoms with E-state index in [1.54, 1.807) is 10.9 Å². The van der Waals surface area contributed by atoms with E-state index in [0.29, 0.717) is 24.7 Å². The first-order valence-corrected chi connectivity index (χ1v) is 7.61. The molecule has 1 aromatic carbocycles. The Labute approximate surface area is 129 Å². The zero-order chi connectivity index (χ0) is 15.2. The van der Waals surface area contributed by atoms with Crippen LogP contribution in [-0.2, 0) is 11.3 Å². The fraction of sp³-hybridized carbons (Fsp3) is 0.438. The van der Waals surface area contributed by atoms with Gasteiger partial charge in [0.1, 0.15) is 0 Å². The predicted octanol–water partition coefficient (Wildman–Crippen LogP) is 1.48. The molecule has 1 saturated heterocycles. The van der Waals surface area contributed by atoms with Crippen molar-refractivity contribution in [3.05, 3.63) is 47.8 Å². The van der Waals surface area contributed by atoms with Crippen LogP contribution in [0.25, 0.3) is 0 Å². The molecule has 1 aromatic heterocycles. The molecule has 0 spiro atoms. The van der Waals surface area contributed by atoms with Gasteiger partial charge in [0.05, 0.1) is 12.7 Å². The van der Waals surface area contributed by atoms with Gasteiger partial charge in [0.15, 0.2) is 5.69 Å². The van der Waals surface area contributed by atoms with Crippen LogP contribution < -0.4 is 5.32 Å². The first kappa shape index (κ1) is 14.7. The van der Waals surface area contributed by atoms with Gasteiger partial charge in [-0.2, -0.15) is 0 Å². The van der Waals surface area contributed by atoms with Gasteiger partial charge in [-0.25, -0.2) is 4.68 Å². The minimum Gasteiger partial charge on any atom is -0.381 e. The summed E-state index contributed by atoms with van der Waals surface area (Å²) >= 11 is 0. The molecule has 1 N–H and O–H groups in total. The number of aromatic nitrogens is 3. The lowest BCUT2D eigenvalue weighted by atomic mass is 10.0.